The van der Waals surface area contributed by atoms with Crippen molar-refractivity contribution in [2.24, 2.45) is 7.05 Å². The lowest BCUT2D eigenvalue weighted by Crippen LogP contribution is -2.28. The number of aromatic nitrogens is 2. The first-order valence-corrected chi connectivity index (χ1v) is 6.77. The SMILES string of the molecule is CCNC(C)CC(=O)Cc1nc2ccccc2n1C. The van der Waals surface area contributed by atoms with Crippen molar-refractivity contribution in [3.8, 4) is 0 Å². The molecule has 0 bridgehead atoms. The Morgan fingerprint density at radius 1 is 1.42 bits per heavy atom. The number of ketones is 1. The molecule has 4 nitrogen and oxygen atoms in total. The van der Waals surface area contributed by atoms with E-state index in [1.807, 2.05) is 49.7 Å². The Hall–Kier alpha value is -1.68. The molecule has 1 aromatic carbocycles. The number of imidazole rings is 1. The van der Waals surface area contributed by atoms with Gasteiger partial charge < -0.3 is 9.88 Å². The molecule has 2 rings (SSSR count). The second-order valence-corrected chi connectivity index (χ2v) is 4.95. The molecule has 2 aromatic rings. The Morgan fingerprint density at radius 3 is 2.84 bits per heavy atom. The van der Waals surface area contributed by atoms with Crippen LogP contribution in [0.25, 0.3) is 11.0 Å². The summed E-state index contributed by atoms with van der Waals surface area (Å²) in [5, 5.41) is 3.26. The van der Waals surface area contributed by atoms with Gasteiger partial charge in [0, 0.05) is 19.5 Å². The lowest BCUT2D eigenvalue weighted by Gasteiger charge is -2.10. The van der Waals surface area contributed by atoms with Crippen LogP contribution < -0.4 is 5.32 Å². The van der Waals surface area contributed by atoms with Gasteiger partial charge in [0.05, 0.1) is 17.5 Å². The van der Waals surface area contributed by atoms with Crippen LogP contribution in [0.4, 0.5) is 0 Å². The summed E-state index contributed by atoms with van der Waals surface area (Å²) < 4.78 is 2.01. The molecule has 0 aliphatic carbocycles. The van der Waals surface area contributed by atoms with Crippen molar-refractivity contribution >= 4 is 16.8 Å². The molecule has 1 unspecified atom stereocenters. The van der Waals surface area contributed by atoms with Crippen molar-refractivity contribution < 1.29 is 4.79 Å². The van der Waals surface area contributed by atoms with E-state index in [1.54, 1.807) is 0 Å². The van der Waals surface area contributed by atoms with Crippen LogP contribution in [0, 0.1) is 0 Å². The third-order valence-corrected chi connectivity index (χ3v) is 3.32. The maximum absolute atomic E-state index is 12.0. The number of carbonyl (C=O) groups excluding carboxylic acids is 1. The van der Waals surface area contributed by atoms with Crippen molar-refractivity contribution in [1.82, 2.24) is 14.9 Å². The summed E-state index contributed by atoms with van der Waals surface area (Å²) in [5.41, 5.74) is 2.03. The highest BCUT2D eigenvalue weighted by atomic mass is 16.1. The fraction of sp³-hybridized carbons (Fsp3) is 0.467. The third-order valence-electron chi connectivity index (χ3n) is 3.32. The minimum absolute atomic E-state index is 0.229. The maximum Gasteiger partial charge on any atom is 0.141 e. The molecular weight excluding hydrogens is 238 g/mol. The number of hydrogen-bond acceptors (Lipinski definition) is 3. The summed E-state index contributed by atoms with van der Waals surface area (Å²) in [6.07, 6.45) is 0.956. The Labute approximate surface area is 113 Å². The van der Waals surface area contributed by atoms with Crippen LogP contribution >= 0.6 is 0 Å². The van der Waals surface area contributed by atoms with E-state index < -0.39 is 0 Å². The van der Waals surface area contributed by atoms with Crippen LogP contribution in [0.3, 0.4) is 0 Å². The van der Waals surface area contributed by atoms with Gasteiger partial charge in [0.25, 0.3) is 0 Å². The van der Waals surface area contributed by atoms with Crippen molar-refractivity contribution in [2.45, 2.75) is 32.7 Å². The van der Waals surface area contributed by atoms with Crippen molar-refractivity contribution in [1.29, 1.82) is 0 Å². The van der Waals surface area contributed by atoms with E-state index in [-0.39, 0.29) is 11.8 Å². The largest absolute Gasteiger partial charge is 0.331 e. The van der Waals surface area contributed by atoms with Crippen LogP contribution in [0.2, 0.25) is 0 Å². The lowest BCUT2D eigenvalue weighted by atomic mass is 10.1. The zero-order valence-corrected chi connectivity index (χ0v) is 11.8. The number of Topliss-reactive ketones (excluding diaryl/α,β-unsaturated/α-hetero) is 1. The summed E-state index contributed by atoms with van der Waals surface area (Å²) in [6.45, 7) is 4.98. The number of nitrogens with zero attached hydrogens (tertiary/aromatic N) is 2. The fourth-order valence-corrected chi connectivity index (χ4v) is 2.36. The second kappa shape index (κ2) is 5.97. The maximum atomic E-state index is 12.0. The summed E-state index contributed by atoms with van der Waals surface area (Å²) in [5.74, 6) is 1.07. The lowest BCUT2D eigenvalue weighted by molar-refractivity contribution is -0.118. The predicted octanol–water partition coefficient (Wildman–Crippen LogP) is 2.07. The number of carbonyl (C=O) groups is 1. The molecular formula is C15H21N3O. The number of benzene rings is 1. The standard InChI is InChI=1S/C15H21N3O/c1-4-16-11(2)9-12(19)10-15-17-13-7-5-6-8-14(13)18(15)3/h5-8,11,16H,4,9-10H2,1-3H3. The average Bonchev–Trinajstić information content (AvgIpc) is 2.67. The number of rotatable bonds is 6. The smallest absolute Gasteiger partial charge is 0.141 e. The van der Waals surface area contributed by atoms with Gasteiger partial charge in [-0.15, -0.1) is 0 Å². The van der Waals surface area contributed by atoms with Gasteiger partial charge in [0.1, 0.15) is 11.6 Å². The Kier molecular flexibility index (Phi) is 4.32. The molecule has 0 radical (unpaired) electrons. The molecule has 1 heterocycles. The molecule has 0 saturated heterocycles. The molecule has 19 heavy (non-hydrogen) atoms. The number of para-hydroxylation sites is 2. The number of nitrogens with one attached hydrogen (secondary N) is 1. The molecule has 1 atom stereocenters. The molecule has 0 spiro atoms. The highest BCUT2D eigenvalue weighted by molar-refractivity contribution is 5.82. The Bertz CT molecular complexity index is 574. The van der Waals surface area contributed by atoms with E-state index >= 15 is 0 Å². The van der Waals surface area contributed by atoms with Gasteiger partial charge in [-0.2, -0.15) is 0 Å². The van der Waals surface area contributed by atoms with E-state index in [2.05, 4.69) is 10.3 Å². The van der Waals surface area contributed by atoms with E-state index in [4.69, 9.17) is 0 Å². The topological polar surface area (TPSA) is 46.9 Å². The van der Waals surface area contributed by atoms with Crippen molar-refractivity contribution in [2.75, 3.05) is 6.54 Å². The molecule has 0 aliphatic rings. The summed E-state index contributed by atoms with van der Waals surface area (Å²) in [4.78, 5) is 16.6. The Morgan fingerprint density at radius 2 is 2.16 bits per heavy atom. The monoisotopic (exact) mass is 259 g/mol. The van der Waals surface area contributed by atoms with Gasteiger partial charge in [0.2, 0.25) is 0 Å². The molecule has 1 N–H and O–H groups in total. The number of fused-ring (bicyclic) bond motifs is 1. The van der Waals surface area contributed by atoms with Gasteiger partial charge in [-0.05, 0) is 25.6 Å². The first-order valence-electron chi connectivity index (χ1n) is 6.77. The van der Waals surface area contributed by atoms with Crippen LogP contribution in [0.15, 0.2) is 24.3 Å². The van der Waals surface area contributed by atoms with Gasteiger partial charge in [0.15, 0.2) is 0 Å². The quantitative estimate of drug-likeness (QED) is 0.864. The minimum Gasteiger partial charge on any atom is -0.331 e. The first kappa shape index (κ1) is 13.7. The molecule has 102 valence electrons. The summed E-state index contributed by atoms with van der Waals surface area (Å²) >= 11 is 0. The average molecular weight is 259 g/mol. The minimum atomic E-state index is 0.229. The molecule has 0 saturated carbocycles. The van der Waals surface area contributed by atoms with Gasteiger partial charge in [-0.1, -0.05) is 19.1 Å². The van der Waals surface area contributed by atoms with Crippen LogP contribution in [0.1, 0.15) is 26.1 Å². The van der Waals surface area contributed by atoms with Crippen LogP contribution in [0.5, 0.6) is 0 Å². The second-order valence-electron chi connectivity index (χ2n) is 4.95. The highest BCUT2D eigenvalue weighted by Gasteiger charge is 2.13. The number of aryl methyl sites for hydroxylation is 1. The normalized spacial score (nSPS) is 12.8. The van der Waals surface area contributed by atoms with Crippen LogP contribution in [-0.4, -0.2) is 27.9 Å². The van der Waals surface area contributed by atoms with E-state index in [0.29, 0.717) is 12.8 Å². The van der Waals surface area contributed by atoms with E-state index in [9.17, 15) is 4.79 Å². The van der Waals surface area contributed by atoms with Gasteiger partial charge in [-0.3, -0.25) is 4.79 Å². The molecule has 0 aliphatic heterocycles. The first-order chi connectivity index (χ1) is 9.11. The third kappa shape index (κ3) is 3.20. The van der Waals surface area contributed by atoms with Crippen molar-refractivity contribution in [3.63, 3.8) is 0 Å². The van der Waals surface area contributed by atoms with Crippen LogP contribution in [-0.2, 0) is 18.3 Å². The summed E-state index contributed by atoms with van der Waals surface area (Å²) in [7, 11) is 1.96. The van der Waals surface area contributed by atoms with E-state index in [0.717, 1.165) is 23.4 Å². The summed E-state index contributed by atoms with van der Waals surface area (Å²) in [6, 6.07) is 8.19. The molecule has 1 aromatic heterocycles. The molecule has 4 heteroatoms. The predicted molar refractivity (Wildman–Crippen MR) is 77.2 cm³/mol. The molecule has 0 fully saturated rings. The zero-order chi connectivity index (χ0) is 13.8. The van der Waals surface area contributed by atoms with Gasteiger partial charge in [-0.25, -0.2) is 4.98 Å². The zero-order valence-electron chi connectivity index (χ0n) is 11.8. The Balaban J connectivity index is 2.09. The van der Waals surface area contributed by atoms with E-state index in [1.165, 1.54) is 0 Å². The number of hydrogen-bond donors (Lipinski definition) is 1. The van der Waals surface area contributed by atoms with Gasteiger partial charge >= 0.3 is 0 Å². The fourth-order valence-electron chi connectivity index (χ4n) is 2.36. The molecule has 0 amide bonds. The highest BCUT2D eigenvalue weighted by Crippen LogP contribution is 2.15. The van der Waals surface area contributed by atoms with Crippen molar-refractivity contribution in [3.05, 3.63) is 30.1 Å².